The van der Waals surface area contributed by atoms with Crippen LogP contribution in [0.25, 0.3) is 0 Å². The zero-order valence-corrected chi connectivity index (χ0v) is 39.0. The summed E-state index contributed by atoms with van der Waals surface area (Å²) < 4.78 is 11.5. The number of carbonyl (C=O) groups is 2. The highest BCUT2D eigenvalue weighted by Gasteiger charge is 2.14. The molecule has 0 aromatic rings. The van der Waals surface area contributed by atoms with Gasteiger partial charge in [0.1, 0.15) is 0 Å². The van der Waals surface area contributed by atoms with Crippen LogP contribution >= 0.6 is 0 Å². The molecule has 0 amide bonds. The third kappa shape index (κ3) is 39.7. The quantitative estimate of drug-likeness (QED) is 0.0452. The predicted molar refractivity (Wildman–Crippen MR) is 244 cm³/mol. The minimum absolute atomic E-state index is 0.00000759. The standard InChI is InChI=1S/C50H100N2O4/c1-7-11-15-19-21-27-35-47(34-25-17-13-9-3)38-33-45-55-49(53)39-29-23-31-41-52(44-43-51(5)6)42-32-24-30-40-50(54)56-46-48(36-26-18-14-10-4)37-28-22-20-16-12-8-2/h47-48H,7-46H2,1-6H3. The molecule has 6 nitrogen and oxygen atoms in total. The van der Waals surface area contributed by atoms with Crippen molar-refractivity contribution in [1.82, 2.24) is 9.80 Å². The molecule has 0 saturated carbocycles. The molecular weight excluding hydrogens is 693 g/mol. The van der Waals surface area contributed by atoms with Gasteiger partial charge >= 0.3 is 11.9 Å². The molecule has 0 aromatic heterocycles. The lowest BCUT2D eigenvalue weighted by atomic mass is 9.90. The summed E-state index contributed by atoms with van der Waals surface area (Å²) in [4.78, 5) is 30.0. The van der Waals surface area contributed by atoms with E-state index in [1.807, 2.05) is 0 Å². The summed E-state index contributed by atoms with van der Waals surface area (Å²) in [5.74, 6) is 1.32. The number of carbonyl (C=O) groups excluding carboxylic acids is 2. The maximum atomic E-state index is 12.6. The van der Waals surface area contributed by atoms with Gasteiger partial charge in [0, 0.05) is 25.9 Å². The van der Waals surface area contributed by atoms with Gasteiger partial charge in [0.25, 0.3) is 0 Å². The van der Waals surface area contributed by atoms with E-state index < -0.39 is 0 Å². The Hall–Kier alpha value is -1.14. The third-order valence-corrected chi connectivity index (χ3v) is 11.9. The fraction of sp³-hybridized carbons (Fsp3) is 0.960. The molecule has 0 heterocycles. The van der Waals surface area contributed by atoms with Crippen molar-refractivity contribution in [2.24, 2.45) is 11.8 Å². The van der Waals surface area contributed by atoms with Crippen molar-refractivity contribution in [3.05, 3.63) is 0 Å². The first-order valence-corrected chi connectivity index (χ1v) is 25.0. The van der Waals surface area contributed by atoms with E-state index in [1.54, 1.807) is 0 Å². The first-order valence-electron chi connectivity index (χ1n) is 25.0. The van der Waals surface area contributed by atoms with Crippen molar-refractivity contribution in [2.45, 2.75) is 246 Å². The molecule has 0 aliphatic carbocycles. The normalized spacial score (nSPS) is 12.8. The van der Waals surface area contributed by atoms with Crippen LogP contribution in [0.15, 0.2) is 0 Å². The van der Waals surface area contributed by atoms with Gasteiger partial charge in [0.05, 0.1) is 13.2 Å². The largest absolute Gasteiger partial charge is 0.466 e. The molecule has 6 heteroatoms. The van der Waals surface area contributed by atoms with E-state index in [9.17, 15) is 9.59 Å². The Morgan fingerprint density at radius 1 is 0.393 bits per heavy atom. The van der Waals surface area contributed by atoms with Gasteiger partial charge in [-0.3, -0.25) is 9.59 Å². The van der Waals surface area contributed by atoms with Crippen LogP contribution in [0.3, 0.4) is 0 Å². The maximum Gasteiger partial charge on any atom is 0.305 e. The molecule has 0 fully saturated rings. The lowest BCUT2D eigenvalue weighted by Crippen LogP contribution is -2.33. The van der Waals surface area contributed by atoms with Gasteiger partial charge in [-0.1, -0.05) is 182 Å². The smallest absolute Gasteiger partial charge is 0.305 e. The first kappa shape index (κ1) is 54.9. The van der Waals surface area contributed by atoms with E-state index in [4.69, 9.17) is 9.47 Å². The van der Waals surface area contributed by atoms with Crippen molar-refractivity contribution in [3.63, 3.8) is 0 Å². The molecule has 56 heavy (non-hydrogen) atoms. The highest BCUT2D eigenvalue weighted by Crippen LogP contribution is 2.24. The molecule has 0 aliphatic heterocycles. The Labute approximate surface area is 351 Å². The van der Waals surface area contributed by atoms with Crippen molar-refractivity contribution >= 4 is 11.9 Å². The molecule has 0 radical (unpaired) electrons. The number of hydrogen-bond acceptors (Lipinski definition) is 6. The Morgan fingerprint density at radius 3 is 1.23 bits per heavy atom. The Kier molecular flexibility index (Phi) is 42.6. The monoisotopic (exact) mass is 793 g/mol. The average Bonchev–Trinajstić information content (AvgIpc) is 3.19. The van der Waals surface area contributed by atoms with E-state index in [-0.39, 0.29) is 11.9 Å². The van der Waals surface area contributed by atoms with Crippen LogP contribution in [0.5, 0.6) is 0 Å². The average molecular weight is 793 g/mol. The lowest BCUT2D eigenvalue weighted by Gasteiger charge is -2.24. The minimum Gasteiger partial charge on any atom is -0.466 e. The molecular formula is C50H100N2O4. The molecule has 2 atom stereocenters. The zero-order chi connectivity index (χ0) is 41.2. The number of rotatable bonds is 45. The van der Waals surface area contributed by atoms with Crippen molar-refractivity contribution in [3.8, 4) is 0 Å². The minimum atomic E-state index is -0.0105. The highest BCUT2D eigenvalue weighted by molar-refractivity contribution is 5.69. The number of unbranched alkanes of at least 4 members (excludes halogenated alkanes) is 20. The molecule has 2 unspecified atom stereocenters. The Balaban J connectivity index is 4.32. The summed E-state index contributed by atoms with van der Waals surface area (Å²) in [7, 11) is 4.28. The molecule has 0 aromatic carbocycles. The number of hydrogen-bond donors (Lipinski definition) is 0. The SMILES string of the molecule is CCCCCCCCC(CCCCCC)CCCOC(=O)CCCCCN(CCCCCC(=O)OCC(CCCCCC)CCCCCCCC)CCN(C)C. The summed E-state index contributed by atoms with van der Waals surface area (Å²) in [5.41, 5.74) is 0. The van der Waals surface area contributed by atoms with Crippen LogP contribution < -0.4 is 0 Å². The topological polar surface area (TPSA) is 59.1 Å². The van der Waals surface area contributed by atoms with Gasteiger partial charge < -0.3 is 19.3 Å². The maximum absolute atomic E-state index is 12.6. The van der Waals surface area contributed by atoms with Crippen LogP contribution in [0.1, 0.15) is 246 Å². The summed E-state index contributed by atoms with van der Waals surface area (Å²) in [6, 6.07) is 0. The summed E-state index contributed by atoms with van der Waals surface area (Å²) in [6.07, 6.45) is 41.3. The van der Waals surface area contributed by atoms with E-state index in [1.165, 1.54) is 161 Å². The van der Waals surface area contributed by atoms with Crippen LogP contribution in [-0.2, 0) is 19.1 Å². The van der Waals surface area contributed by atoms with Crippen molar-refractivity contribution in [1.29, 1.82) is 0 Å². The molecule has 0 rings (SSSR count). The number of ether oxygens (including phenoxy) is 2. The van der Waals surface area contributed by atoms with Crippen molar-refractivity contribution in [2.75, 3.05) is 53.5 Å². The van der Waals surface area contributed by atoms with Crippen molar-refractivity contribution < 1.29 is 19.1 Å². The van der Waals surface area contributed by atoms with E-state index >= 15 is 0 Å². The second-order valence-corrected chi connectivity index (χ2v) is 17.9. The van der Waals surface area contributed by atoms with Crippen LogP contribution in [0.4, 0.5) is 0 Å². The van der Waals surface area contributed by atoms with E-state index in [0.29, 0.717) is 32.0 Å². The number of nitrogens with zero attached hydrogens (tertiary/aromatic N) is 2. The summed E-state index contributed by atoms with van der Waals surface area (Å²) in [5, 5.41) is 0. The number of esters is 2. The van der Waals surface area contributed by atoms with E-state index in [0.717, 1.165) is 77.0 Å². The summed E-state index contributed by atoms with van der Waals surface area (Å²) >= 11 is 0. The molecule has 0 bridgehead atoms. The van der Waals surface area contributed by atoms with E-state index in [2.05, 4.69) is 51.6 Å². The fourth-order valence-electron chi connectivity index (χ4n) is 8.04. The zero-order valence-electron chi connectivity index (χ0n) is 39.0. The van der Waals surface area contributed by atoms with Gasteiger partial charge in [0.15, 0.2) is 0 Å². The molecule has 0 spiro atoms. The molecule has 0 saturated heterocycles. The van der Waals surface area contributed by atoms with Gasteiger partial charge in [-0.05, 0) is 90.4 Å². The van der Waals surface area contributed by atoms with Crippen LogP contribution in [0, 0.1) is 11.8 Å². The van der Waals surface area contributed by atoms with Gasteiger partial charge in [-0.15, -0.1) is 0 Å². The van der Waals surface area contributed by atoms with Gasteiger partial charge in [-0.2, -0.15) is 0 Å². The summed E-state index contributed by atoms with van der Waals surface area (Å²) in [6.45, 7) is 14.6. The third-order valence-electron chi connectivity index (χ3n) is 11.9. The Morgan fingerprint density at radius 2 is 0.768 bits per heavy atom. The van der Waals surface area contributed by atoms with Gasteiger partial charge in [-0.25, -0.2) is 0 Å². The fourth-order valence-corrected chi connectivity index (χ4v) is 8.04. The van der Waals surface area contributed by atoms with Crippen LogP contribution in [-0.4, -0.2) is 75.2 Å². The Bertz CT molecular complexity index is 821. The highest BCUT2D eigenvalue weighted by atomic mass is 16.5. The molecule has 0 N–H and O–H groups in total. The lowest BCUT2D eigenvalue weighted by molar-refractivity contribution is -0.145. The second-order valence-electron chi connectivity index (χ2n) is 17.9. The second kappa shape index (κ2) is 43.4. The van der Waals surface area contributed by atoms with Gasteiger partial charge in [0.2, 0.25) is 0 Å². The van der Waals surface area contributed by atoms with Crippen LogP contribution in [0.2, 0.25) is 0 Å². The predicted octanol–water partition coefficient (Wildman–Crippen LogP) is 14.5. The molecule has 0 aliphatic rings. The number of likely N-dealkylation sites (N-methyl/N-ethyl adjacent to an activating group) is 1. The first-order chi connectivity index (χ1) is 27.4. The molecule has 334 valence electrons.